The molecule has 1 heterocycles. The second-order valence-electron chi connectivity index (χ2n) is 4.74. The van der Waals surface area contributed by atoms with Crippen molar-refractivity contribution in [2.45, 2.75) is 32.7 Å². The van der Waals surface area contributed by atoms with E-state index in [1.165, 1.54) is 0 Å². The Kier molecular flexibility index (Phi) is 4.02. The summed E-state index contributed by atoms with van der Waals surface area (Å²) in [7, 11) is 1.67. The molecule has 2 atom stereocenters. The zero-order valence-electron chi connectivity index (χ0n) is 10.7. The van der Waals surface area contributed by atoms with Crippen molar-refractivity contribution in [1.82, 2.24) is 0 Å². The Morgan fingerprint density at radius 2 is 1.94 bits per heavy atom. The van der Waals surface area contributed by atoms with Crippen LogP contribution in [0.3, 0.4) is 0 Å². The molecule has 1 aliphatic rings. The molecule has 0 amide bonds. The summed E-state index contributed by atoms with van der Waals surface area (Å²) in [6.07, 6.45) is 0.505. The van der Waals surface area contributed by atoms with Gasteiger partial charge in [-0.15, -0.1) is 0 Å². The summed E-state index contributed by atoms with van der Waals surface area (Å²) in [5, 5.41) is 0. The molecule has 0 aliphatic carbocycles. The normalized spacial score (nSPS) is 20.4. The molecule has 1 aromatic rings. The fourth-order valence-electron chi connectivity index (χ4n) is 1.89. The predicted octanol–water partition coefficient (Wildman–Crippen LogP) is 2.64. The van der Waals surface area contributed by atoms with Gasteiger partial charge in [-0.05, 0) is 23.6 Å². The van der Waals surface area contributed by atoms with Gasteiger partial charge < -0.3 is 14.2 Å². The van der Waals surface area contributed by atoms with Crippen molar-refractivity contribution >= 4 is 0 Å². The van der Waals surface area contributed by atoms with Gasteiger partial charge in [-0.1, -0.05) is 26.0 Å². The number of benzene rings is 1. The zero-order chi connectivity index (χ0) is 12.3. The molecule has 0 saturated carbocycles. The lowest BCUT2D eigenvalue weighted by atomic mass is 10.0. The van der Waals surface area contributed by atoms with E-state index >= 15 is 0 Å². The molecule has 0 N–H and O–H groups in total. The van der Waals surface area contributed by atoms with Gasteiger partial charge in [-0.25, -0.2) is 0 Å². The second kappa shape index (κ2) is 5.52. The average molecular weight is 236 g/mol. The summed E-state index contributed by atoms with van der Waals surface area (Å²) >= 11 is 0. The first kappa shape index (κ1) is 12.4. The van der Waals surface area contributed by atoms with Crippen molar-refractivity contribution in [3.8, 4) is 5.75 Å². The third-order valence-electron chi connectivity index (χ3n) is 2.98. The zero-order valence-corrected chi connectivity index (χ0v) is 10.7. The Labute approximate surface area is 103 Å². The molecule has 1 saturated heterocycles. The largest absolute Gasteiger partial charge is 0.497 e. The summed E-state index contributed by atoms with van der Waals surface area (Å²) in [5.74, 6) is 1.36. The van der Waals surface area contributed by atoms with E-state index in [-0.39, 0.29) is 6.10 Å². The minimum absolute atomic E-state index is 0.206. The third-order valence-corrected chi connectivity index (χ3v) is 2.98. The van der Waals surface area contributed by atoms with Crippen molar-refractivity contribution in [1.29, 1.82) is 0 Å². The Bertz CT molecular complexity index is 339. The average Bonchev–Trinajstić information content (AvgIpc) is 3.14. The van der Waals surface area contributed by atoms with Gasteiger partial charge in [0, 0.05) is 0 Å². The summed E-state index contributed by atoms with van der Waals surface area (Å²) in [6.45, 7) is 5.80. The number of hydrogen-bond acceptors (Lipinski definition) is 3. The van der Waals surface area contributed by atoms with Crippen molar-refractivity contribution < 1.29 is 14.2 Å². The van der Waals surface area contributed by atoms with Gasteiger partial charge >= 0.3 is 0 Å². The van der Waals surface area contributed by atoms with Gasteiger partial charge in [0.1, 0.15) is 11.9 Å². The minimum Gasteiger partial charge on any atom is -0.497 e. The molecule has 0 spiro atoms. The van der Waals surface area contributed by atoms with Crippen LogP contribution < -0.4 is 4.74 Å². The Hall–Kier alpha value is -1.06. The summed E-state index contributed by atoms with van der Waals surface area (Å²) in [4.78, 5) is 0. The molecule has 1 aromatic carbocycles. The van der Waals surface area contributed by atoms with Crippen molar-refractivity contribution in [3.63, 3.8) is 0 Å². The topological polar surface area (TPSA) is 31.0 Å². The van der Waals surface area contributed by atoms with Gasteiger partial charge in [0.25, 0.3) is 0 Å². The van der Waals surface area contributed by atoms with Crippen molar-refractivity contribution in [3.05, 3.63) is 29.8 Å². The van der Waals surface area contributed by atoms with E-state index in [2.05, 4.69) is 13.8 Å². The molecule has 3 heteroatoms. The summed E-state index contributed by atoms with van der Waals surface area (Å²) < 4.78 is 16.4. The first-order valence-corrected chi connectivity index (χ1v) is 6.07. The van der Waals surface area contributed by atoms with E-state index in [4.69, 9.17) is 14.2 Å². The van der Waals surface area contributed by atoms with Crippen LogP contribution in [0.15, 0.2) is 24.3 Å². The van der Waals surface area contributed by atoms with E-state index in [0.29, 0.717) is 18.6 Å². The highest BCUT2D eigenvalue weighted by Gasteiger charge is 2.35. The lowest BCUT2D eigenvalue weighted by Crippen LogP contribution is -2.25. The highest BCUT2D eigenvalue weighted by Crippen LogP contribution is 2.24. The van der Waals surface area contributed by atoms with Crippen LogP contribution in [0.25, 0.3) is 0 Å². The maximum Gasteiger partial charge on any atom is 0.118 e. The molecule has 1 fully saturated rings. The van der Waals surface area contributed by atoms with Crippen LogP contribution in [-0.2, 0) is 16.1 Å². The predicted molar refractivity (Wildman–Crippen MR) is 66.1 cm³/mol. The van der Waals surface area contributed by atoms with E-state index in [1.54, 1.807) is 7.11 Å². The van der Waals surface area contributed by atoms with Crippen LogP contribution in [0.1, 0.15) is 19.4 Å². The van der Waals surface area contributed by atoms with Crippen LogP contribution in [0, 0.1) is 5.92 Å². The standard InChI is InChI=1S/C14H20O3/c1-10(2)14(13-9-16-13)17-8-11-4-6-12(15-3)7-5-11/h4-7,10,13-14H,8-9H2,1-3H3/t13-,14+/m0/s1. The van der Waals surface area contributed by atoms with Gasteiger partial charge in [-0.2, -0.15) is 0 Å². The van der Waals surface area contributed by atoms with Crippen LogP contribution in [-0.4, -0.2) is 25.9 Å². The molecular weight excluding hydrogens is 216 g/mol. The first-order chi connectivity index (χ1) is 8.20. The molecule has 3 nitrogen and oxygen atoms in total. The molecule has 17 heavy (non-hydrogen) atoms. The van der Waals surface area contributed by atoms with Gasteiger partial charge in [0.15, 0.2) is 0 Å². The first-order valence-electron chi connectivity index (χ1n) is 6.07. The number of epoxide rings is 1. The van der Waals surface area contributed by atoms with Crippen molar-refractivity contribution in [2.24, 2.45) is 5.92 Å². The lowest BCUT2D eigenvalue weighted by molar-refractivity contribution is -0.00699. The van der Waals surface area contributed by atoms with Crippen LogP contribution in [0.2, 0.25) is 0 Å². The van der Waals surface area contributed by atoms with Crippen LogP contribution >= 0.6 is 0 Å². The van der Waals surface area contributed by atoms with Gasteiger partial charge in [0.05, 0.1) is 26.4 Å². The molecule has 2 rings (SSSR count). The minimum atomic E-state index is 0.206. The third kappa shape index (κ3) is 3.45. The lowest BCUT2D eigenvalue weighted by Gasteiger charge is -2.19. The maximum absolute atomic E-state index is 5.92. The molecule has 0 radical (unpaired) electrons. The highest BCUT2D eigenvalue weighted by molar-refractivity contribution is 5.26. The maximum atomic E-state index is 5.92. The molecule has 1 aliphatic heterocycles. The fourth-order valence-corrected chi connectivity index (χ4v) is 1.89. The second-order valence-corrected chi connectivity index (χ2v) is 4.74. The Balaban J connectivity index is 1.87. The molecule has 0 aromatic heterocycles. The molecule has 0 bridgehead atoms. The number of ether oxygens (including phenoxy) is 3. The highest BCUT2D eigenvalue weighted by atomic mass is 16.6. The smallest absolute Gasteiger partial charge is 0.118 e. The Morgan fingerprint density at radius 3 is 2.41 bits per heavy atom. The number of methoxy groups -OCH3 is 1. The van der Waals surface area contributed by atoms with Crippen molar-refractivity contribution in [2.75, 3.05) is 13.7 Å². The van der Waals surface area contributed by atoms with Gasteiger partial charge in [-0.3, -0.25) is 0 Å². The molecule has 0 unspecified atom stereocenters. The summed E-state index contributed by atoms with van der Waals surface area (Å²) in [6, 6.07) is 7.97. The fraction of sp³-hybridized carbons (Fsp3) is 0.571. The SMILES string of the molecule is COc1ccc(CO[C@H](C(C)C)[C@@H]2CO2)cc1. The van der Waals surface area contributed by atoms with E-state index in [9.17, 15) is 0 Å². The van der Waals surface area contributed by atoms with E-state index in [1.807, 2.05) is 24.3 Å². The molecular formula is C14H20O3. The van der Waals surface area contributed by atoms with Crippen LogP contribution in [0.5, 0.6) is 5.75 Å². The van der Waals surface area contributed by atoms with E-state index < -0.39 is 0 Å². The van der Waals surface area contributed by atoms with E-state index in [0.717, 1.165) is 17.9 Å². The Morgan fingerprint density at radius 1 is 1.29 bits per heavy atom. The number of hydrogen-bond donors (Lipinski definition) is 0. The number of rotatable bonds is 6. The van der Waals surface area contributed by atoms with Crippen LogP contribution in [0.4, 0.5) is 0 Å². The molecule has 94 valence electrons. The monoisotopic (exact) mass is 236 g/mol. The quantitative estimate of drug-likeness (QED) is 0.711. The van der Waals surface area contributed by atoms with Gasteiger partial charge in [0.2, 0.25) is 0 Å². The summed E-state index contributed by atoms with van der Waals surface area (Å²) in [5.41, 5.74) is 1.16.